The van der Waals surface area contributed by atoms with Crippen molar-refractivity contribution in [3.8, 4) is 0 Å². The van der Waals surface area contributed by atoms with Gasteiger partial charge in [-0.25, -0.2) is 18.6 Å². The third-order valence-corrected chi connectivity index (χ3v) is 8.26. The summed E-state index contributed by atoms with van der Waals surface area (Å²) < 4.78 is 29.9. The maximum atomic E-state index is 15.2. The first-order valence-corrected chi connectivity index (χ1v) is 14.2. The molecule has 6 rings (SSSR count). The van der Waals surface area contributed by atoms with Gasteiger partial charge in [0, 0.05) is 55.7 Å². The minimum atomic E-state index is -0.447. The number of urea groups is 1. The van der Waals surface area contributed by atoms with Gasteiger partial charge in [0.2, 0.25) is 5.95 Å². The minimum absolute atomic E-state index is 0.0172. The fourth-order valence-electron chi connectivity index (χ4n) is 6.04. The molecule has 0 bridgehead atoms. The fraction of sp³-hybridized carbons (Fsp3) is 0.433. The number of piperazine rings is 1. The Labute approximate surface area is 233 Å². The van der Waals surface area contributed by atoms with Gasteiger partial charge < -0.3 is 10.2 Å². The molecule has 2 aliphatic heterocycles. The standard InChI is InChI=1S/C30H35F2N7O/c1-20(2)36-13-15-37(16-14-36)26-12-11-22(17-25(26)32)34-29-33-18-21-19-38(27-10-6-5-9-24(27)31)30(40)39(28(21)35-29)23-7-3-4-8-23/h5-6,9-12,17-18,20,23H,3-4,7-8,13-16,19H2,1-2H3,(H,33,34,35). The van der Waals surface area contributed by atoms with Crippen LogP contribution in [0.15, 0.2) is 48.7 Å². The van der Waals surface area contributed by atoms with Crippen LogP contribution in [0.5, 0.6) is 0 Å². The monoisotopic (exact) mass is 547 g/mol. The van der Waals surface area contributed by atoms with E-state index in [1.165, 1.54) is 17.0 Å². The molecule has 0 spiro atoms. The third kappa shape index (κ3) is 5.08. The summed E-state index contributed by atoms with van der Waals surface area (Å²) in [4.78, 5) is 30.6. The lowest BCUT2D eigenvalue weighted by Crippen LogP contribution is -2.52. The summed E-state index contributed by atoms with van der Waals surface area (Å²) in [5.41, 5.74) is 2.10. The van der Waals surface area contributed by atoms with E-state index in [-0.39, 0.29) is 36.1 Å². The number of amides is 2. The average Bonchev–Trinajstić information content (AvgIpc) is 3.48. The van der Waals surface area contributed by atoms with E-state index < -0.39 is 5.82 Å². The zero-order valence-corrected chi connectivity index (χ0v) is 23.0. The van der Waals surface area contributed by atoms with Crippen LogP contribution in [0.25, 0.3) is 0 Å². The van der Waals surface area contributed by atoms with E-state index in [0.717, 1.165) is 57.4 Å². The lowest BCUT2D eigenvalue weighted by atomic mass is 10.1. The molecule has 0 radical (unpaired) electrons. The van der Waals surface area contributed by atoms with Gasteiger partial charge in [0.1, 0.15) is 17.5 Å². The second-order valence-electron chi connectivity index (χ2n) is 11.1. The summed E-state index contributed by atoms with van der Waals surface area (Å²) >= 11 is 0. The van der Waals surface area contributed by atoms with Gasteiger partial charge in [-0.15, -0.1) is 0 Å². The van der Waals surface area contributed by atoms with E-state index in [2.05, 4.69) is 33.9 Å². The van der Waals surface area contributed by atoms with E-state index in [1.54, 1.807) is 35.4 Å². The van der Waals surface area contributed by atoms with Gasteiger partial charge in [-0.05, 0) is 57.0 Å². The number of para-hydroxylation sites is 1. The lowest BCUT2D eigenvalue weighted by Gasteiger charge is -2.39. The van der Waals surface area contributed by atoms with E-state index in [0.29, 0.717) is 23.2 Å². The molecule has 2 amide bonds. The van der Waals surface area contributed by atoms with E-state index in [4.69, 9.17) is 4.98 Å². The number of aromatic nitrogens is 2. The number of fused-ring (bicyclic) bond motifs is 1. The predicted octanol–water partition coefficient (Wildman–Crippen LogP) is 5.92. The molecule has 1 N–H and O–H groups in total. The second-order valence-corrected chi connectivity index (χ2v) is 11.1. The number of halogens is 2. The van der Waals surface area contributed by atoms with E-state index in [9.17, 15) is 9.18 Å². The van der Waals surface area contributed by atoms with Crippen molar-refractivity contribution >= 4 is 34.9 Å². The molecule has 210 valence electrons. The molecule has 0 unspecified atom stereocenters. The molecule has 1 aromatic heterocycles. The van der Waals surface area contributed by atoms with Crippen molar-refractivity contribution < 1.29 is 13.6 Å². The summed E-state index contributed by atoms with van der Waals surface area (Å²) in [6.45, 7) is 7.92. The van der Waals surface area contributed by atoms with Gasteiger partial charge in [0.25, 0.3) is 0 Å². The minimum Gasteiger partial charge on any atom is -0.367 e. The van der Waals surface area contributed by atoms with Crippen molar-refractivity contribution in [3.63, 3.8) is 0 Å². The maximum Gasteiger partial charge on any atom is 0.330 e. The zero-order valence-electron chi connectivity index (χ0n) is 23.0. The smallest absolute Gasteiger partial charge is 0.330 e. The quantitative estimate of drug-likeness (QED) is 0.413. The Morgan fingerprint density at radius 2 is 1.70 bits per heavy atom. The summed E-state index contributed by atoms with van der Waals surface area (Å²) in [5.74, 6) is 0.0649. The molecule has 40 heavy (non-hydrogen) atoms. The largest absolute Gasteiger partial charge is 0.367 e. The SMILES string of the molecule is CC(C)N1CCN(c2ccc(Nc3ncc4c(n3)N(C3CCCC3)C(=O)N(c3ccccc3F)C4)cc2F)CC1. The zero-order chi connectivity index (χ0) is 27.8. The predicted molar refractivity (Wildman–Crippen MR) is 153 cm³/mol. The maximum absolute atomic E-state index is 15.2. The van der Waals surface area contributed by atoms with Crippen LogP contribution in [-0.2, 0) is 6.54 Å². The van der Waals surface area contributed by atoms with Crippen molar-refractivity contribution in [2.75, 3.05) is 46.2 Å². The van der Waals surface area contributed by atoms with Crippen LogP contribution in [0.1, 0.15) is 45.1 Å². The second kappa shape index (κ2) is 11.0. The Bertz CT molecular complexity index is 1390. The van der Waals surface area contributed by atoms with Crippen molar-refractivity contribution in [1.29, 1.82) is 0 Å². The molecule has 10 heteroatoms. The summed E-state index contributed by atoms with van der Waals surface area (Å²) in [6, 6.07) is 11.6. The third-order valence-electron chi connectivity index (χ3n) is 8.26. The molecule has 3 aromatic rings. The number of carbonyl (C=O) groups excluding carboxylic acids is 1. The highest BCUT2D eigenvalue weighted by molar-refractivity contribution is 6.06. The first-order valence-electron chi connectivity index (χ1n) is 14.2. The first kappa shape index (κ1) is 26.4. The van der Waals surface area contributed by atoms with Crippen LogP contribution >= 0.6 is 0 Å². The number of anilines is 5. The molecule has 3 heterocycles. The highest BCUT2D eigenvalue weighted by Crippen LogP contribution is 2.37. The molecule has 8 nitrogen and oxygen atoms in total. The van der Waals surface area contributed by atoms with Crippen LogP contribution in [-0.4, -0.2) is 59.2 Å². The number of nitrogens with zero attached hydrogens (tertiary/aromatic N) is 6. The molecule has 1 saturated heterocycles. The Hall–Kier alpha value is -3.79. The highest BCUT2D eigenvalue weighted by Gasteiger charge is 2.39. The van der Waals surface area contributed by atoms with Gasteiger partial charge in [-0.1, -0.05) is 25.0 Å². The van der Waals surface area contributed by atoms with Crippen LogP contribution in [0.3, 0.4) is 0 Å². The summed E-state index contributed by atoms with van der Waals surface area (Å²) in [5, 5.41) is 3.12. The lowest BCUT2D eigenvalue weighted by molar-refractivity contribution is 0.209. The molecule has 1 aliphatic carbocycles. The molecular weight excluding hydrogens is 512 g/mol. The first-order chi connectivity index (χ1) is 19.4. The van der Waals surface area contributed by atoms with Crippen molar-refractivity contribution in [2.24, 2.45) is 0 Å². The van der Waals surface area contributed by atoms with Gasteiger partial charge >= 0.3 is 6.03 Å². The number of hydrogen-bond donors (Lipinski definition) is 1. The normalized spacial score (nSPS) is 18.5. The molecule has 2 aromatic carbocycles. The number of hydrogen-bond acceptors (Lipinski definition) is 6. The Morgan fingerprint density at radius 1 is 0.950 bits per heavy atom. The highest BCUT2D eigenvalue weighted by atomic mass is 19.1. The fourth-order valence-corrected chi connectivity index (χ4v) is 6.04. The van der Waals surface area contributed by atoms with Crippen LogP contribution in [0, 0.1) is 11.6 Å². The van der Waals surface area contributed by atoms with Crippen LogP contribution in [0.4, 0.5) is 42.4 Å². The van der Waals surface area contributed by atoms with Gasteiger partial charge in [0.05, 0.1) is 17.9 Å². The van der Waals surface area contributed by atoms with Gasteiger partial charge in [-0.3, -0.25) is 14.7 Å². The van der Waals surface area contributed by atoms with Crippen LogP contribution in [0.2, 0.25) is 0 Å². The molecule has 0 atom stereocenters. The van der Waals surface area contributed by atoms with E-state index in [1.807, 2.05) is 6.07 Å². The molecular formula is C30H35F2N7O. The number of nitrogens with one attached hydrogen (secondary N) is 1. The van der Waals surface area contributed by atoms with E-state index >= 15 is 4.39 Å². The number of benzene rings is 2. The summed E-state index contributed by atoms with van der Waals surface area (Å²) in [6.07, 6.45) is 5.45. The molecule has 3 aliphatic rings. The number of carbonyl (C=O) groups is 1. The van der Waals surface area contributed by atoms with Crippen molar-refractivity contribution in [3.05, 3.63) is 65.9 Å². The Morgan fingerprint density at radius 3 is 2.40 bits per heavy atom. The average molecular weight is 548 g/mol. The Kier molecular flexibility index (Phi) is 7.27. The summed E-state index contributed by atoms with van der Waals surface area (Å²) in [7, 11) is 0. The molecule has 1 saturated carbocycles. The van der Waals surface area contributed by atoms with Crippen LogP contribution < -0.4 is 20.0 Å². The van der Waals surface area contributed by atoms with Gasteiger partial charge in [-0.2, -0.15) is 4.98 Å². The molecule has 2 fully saturated rings. The van der Waals surface area contributed by atoms with Gasteiger partial charge in [0.15, 0.2) is 0 Å². The Balaban J connectivity index is 1.24. The van der Waals surface area contributed by atoms with Crippen molar-refractivity contribution in [1.82, 2.24) is 14.9 Å². The topological polar surface area (TPSA) is 67.8 Å². The van der Waals surface area contributed by atoms with Crippen molar-refractivity contribution in [2.45, 2.75) is 58.2 Å². The number of rotatable bonds is 6.